The molecule has 8 heteroatoms. The predicted octanol–water partition coefficient (Wildman–Crippen LogP) is 2.28. The van der Waals surface area contributed by atoms with Crippen molar-refractivity contribution < 1.29 is 19.7 Å². The average Bonchev–Trinajstić information content (AvgIpc) is 3.33. The maximum Gasteiger partial charge on any atom is 0.164 e. The van der Waals surface area contributed by atoms with E-state index in [1.165, 1.54) is 6.33 Å². The number of halogens is 1. The summed E-state index contributed by atoms with van der Waals surface area (Å²) >= 11 is 6.12. The molecule has 7 nitrogen and oxygen atoms in total. The number of ether oxygens (including phenoxy) is 2. The van der Waals surface area contributed by atoms with Crippen LogP contribution in [0.4, 0.5) is 0 Å². The van der Waals surface area contributed by atoms with Crippen LogP contribution in [0, 0.1) is 6.92 Å². The highest BCUT2D eigenvalue weighted by Gasteiger charge is 2.49. The molecule has 0 spiro atoms. The Morgan fingerprint density at radius 2 is 2.04 bits per heavy atom. The quantitative estimate of drug-likeness (QED) is 0.701. The zero-order chi connectivity index (χ0) is 18.7. The Morgan fingerprint density at radius 3 is 2.89 bits per heavy atom. The minimum absolute atomic E-state index is 0.420. The first kappa shape index (κ1) is 17.1. The molecule has 2 N–H and O–H groups in total. The molecular weight excluding hydrogens is 370 g/mol. The van der Waals surface area contributed by atoms with Gasteiger partial charge in [0.15, 0.2) is 6.23 Å². The van der Waals surface area contributed by atoms with E-state index in [4.69, 9.17) is 21.1 Å². The summed E-state index contributed by atoms with van der Waals surface area (Å²) < 4.78 is 13.7. The van der Waals surface area contributed by atoms with Crippen molar-refractivity contribution in [3.63, 3.8) is 0 Å². The van der Waals surface area contributed by atoms with E-state index in [2.05, 4.69) is 9.97 Å². The van der Waals surface area contributed by atoms with Crippen molar-refractivity contribution in [2.45, 2.75) is 44.2 Å². The summed E-state index contributed by atoms with van der Waals surface area (Å²) in [4.78, 5) is 8.49. The van der Waals surface area contributed by atoms with Gasteiger partial charge in [-0.05, 0) is 36.2 Å². The highest BCUT2D eigenvalue weighted by molar-refractivity contribution is 6.30. The summed E-state index contributed by atoms with van der Waals surface area (Å²) in [6.07, 6.45) is -0.949. The second-order valence-corrected chi connectivity index (χ2v) is 7.40. The number of rotatable bonds is 2. The monoisotopic (exact) mass is 387 g/mol. The zero-order valence-electron chi connectivity index (χ0n) is 14.5. The van der Waals surface area contributed by atoms with Gasteiger partial charge in [-0.1, -0.05) is 17.7 Å². The number of aryl methyl sites for hydroxylation is 1. The Balaban J connectivity index is 1.50. The molecule has 0 bridgehead atoms. The molecule has 2 aliphatic heterocycles. The number of hydrogen-bond acceptors (Lipinski definition) is 6. The van der Waals surface area contributed by atoms with Gasteiger partial charge in [-0.2, -0.15) is 0 Å². The molecule has 5 rings (SSSR count). The second kappa shape index (κ2) is 6.25. The van der Waals surface area contributed by atoms with Crippen LogP contribution in [-0.4, -0.2) is 43.1 Å². The van der Waals surface area contributed by atoms with Gasteiger partial charge < -0.3 is 24.3 Å². The number of nitrogens with zero attached hydrogens (tertiary/aromatic N) is 3. The van der Waals surface area contributed by atoms with E-state index in [1.54, 1.807) is 10.8 Å². The molecule has 0 unspecified atom stereocenters. The molecule has 2 aliphatic rings. The SMILES string of the molecule is Cc1ncnc2c1ccn2[C@H]1O[C@H]([C@@H]2OCc3ccc(Cl)cc32)[C@@H](O)[C@H]1O. The summed E-state index contributed by atoms with van der Waals surface area (Å²) in [6, 6.07) is 7.42. The standard InChI is InChI=1S/C19H18ClN3O4/c1-9-12-4-5-23(18(12)22-8-21-9)19-15(25)14(24)17(27-19)16-13-6-11(20)3-2-10(13)7-26-16/h2-6,8,14-17,19,24-25H,7H2,1H3/t14-,15+,16+,17-,19-/m0/s1. The van der Waals surface area contributed by atoms with E-state index >= 15 is 0 Å². The van der Waals surface area contributed by atoms with E-state index in [0.29, 0.717) is 17.3 Å². The fraction of sp³-hybridized carbons (Fsp3) is 0.368. The summed E-state index contributed by atoms with van der Waals surface area (Å²) in [6.45, 7) is 2.31. The molecule has 2 aromatic heterocycles. The molecule has 0 radical (unpaired) electrons. The highest BCUT2D eigenvalue weighted by atomic mass is 35.5. The van der Waals surface area contributed by atoms with Crippen LogP contribution in [0.3, 0.4) is 0 Å². The van der Waals surface area contributed by atoms with Crippen molar-refractivity contribution in [3.8, 4) is 0 Å². The van der Waals surface area contributed by atoms with E-state index in [0.717, 1.165) is 22.2 Å². The zero-order valence-corrected chi connectivity index (χ0v) is 15.2. The van der Waals surface area contributed by atoms with Crippen LogP contribution in [0.1, 0.15) is 29.2 Å². The van der Waals surface area contributed by atoms with Gasteiger partial charge in [0.1, 0.15) is 36.4 Å². The molecule has 0 aliphatic carbocycles. The molecule has 27 heavy (non-hydrogen) atoms. The molecule has 1 aromatic carbocycles. The fourth-order valence-electron chi connectivity index (χ4n) is 3.97. The molecular formula is C19H18ClN3O4. The van der Waals surface area contributed by atoms with Crippen LogP contribution in [0.2, 0.25) is 5.02 Å². The Bertz CT molecular complexity index is 1020. The molecule has 4 heterocycles. The third-order valence-electron chi connectivity index (χ3n) is 5.39. The lowest BCUT2D eigenvalue weighted by molar-refractivity contribution is -0.104. The summed E-state index contributed by atoms with van der Waals surface area (Å²) in [5.74, 6) is 0. The largest absolute Gasteiger partial charge is 0.387 e. The van der Waals surface area contributed by atoms with Crippen molar-refractivity contribution >= 4 is 22.6 Å². The minimum Gasteiger partial charge on any atom is -0.387 e. The second-order valence-electron chi connectivity index (χ2n) is 6.97. The lowest BCUT2D eigenvalue weighted by Crippen LogP contribution is -2.34. The summed E-state index contributed by atoms with van der Waals surface area (Å²) in [7, 11) is 0. The number of fused-ring (bicyclic) bond motifs is 2. The Morgan fingerprint density at radius 1 is 1.19 bits per heavy atom. The van der Waals surface area contributed by atoms with E-state index in [-0.39, 0.29) is 0 Å². The molecule has 1 saturated heterocycles. The normalized spacial score (nSPS) is 30.1. The van der Waals surface area contributed by atoms with E-state index < -0.39 is 30.6 Å². The van der Waals surface area contributed by atoms with Crippen LogP contribution in [0.5, 0.6) is 0 Å². The van der Waals surface area contributed by atoms with Gasteiger partial charge in [-0.3, -0.25) is 0 Å². The first-order chi connectivity index (χ1) is 13.0. The van der Waals surface area contributed by atoms with Crippen LogP contribution in [0.15, 0.2) is 36.8 Å². The molecule has 5 atom stereocenters. The molecule has 140 valence electrons. The van der Waals surface area contributed by atoms with E-state index in [9.17, 15) is 10.2 Å². The van der Waals surface area contributed by atoms with Gasteiger partial charge >= 0.3 is 0 Å². The number of hydrogen-bond donors (Lipinski definition) is 2. The smallest absolute Gasteiger partial charge is 0.164 e. The number of aliphatic hydroxyl groups excluding tert-OH is 2. The van der Waals surface area contributed by atoms with Gasteiger partial charge in [0.05, 0.1) is 12.3 Å². The highest BCUT2D eigenvalue weighted by Crippen LogP contribution is 2.43. The number of aromatic nitrogens is 3. The van der Waals surface area contributed by atoms with Crippen LogP contribution in [-0.2, 0) is 16.1 Å². The van der Waals surface area contributed by atoms with Gasteiger partial charge in [0.25, 0.3) is 0 Å². The van der Waals surface area contributed by atoms with Gasteiger partial charge in [0.2, 0.25) is 0 Å². The van der Waals surface area contributed by atoms with Crippen molar-refractivity contribution in [2.24, 2.45) is 0 Å². The van der Waals surface area contributed by atoms with Crippen molar-refractivity contribution in [1.29, 1.82) is 0 Å². The topological polar surface area (TPSA) is 89.6 Å². The first-order valence-electron chi connectivity index (χ1n) is 8.74. The van der Waals surface area contributed by atoms with Crippen LogP contribution < -0.4 is 0 Å². The fourth-order valence-corrected chi connectivity index (χ4v) is 4.15. The van der Waals surface area contributed by atoms with Crippen molar-refractivity contribution in [3.05, 3.63) is 58.6 Å². The minimum atomic E-state index is -1.12. The van der Waals surface area contributed by atoms with Gasteiger partial charge in [-0.15, -0.1) is 0 Å². The third kappa shape index (κ3) is 2.58. The predicted molar refractivity (Wildman–Crippen MR) is 97.2 cm³/mol. The lowest BCUT2D eigenvalue weighted by Gasteiger charge is -2.22. The number of benzene rings is 1. The maximum absolute atomic E-state index is 10.7. The molecule has 3 aromatic rings. The molecule has 1 fully saturated rings. The van der Waals surface area contributed by atoms with Crippen molar-refractivity contribution in [1.82, 2.24) is 14.5 Å². The molecule has 0 saturated carbocycles. The van der Waals surface area contributed by atoms with Crippen LogP contribution >= 0.6 is 11.6 Å². The van der Waals surface area contributed by atoms with Crippen molar-refractivity contribution in [2.75, 3.05) is 0 Å². The first-order valence-corrected chi connectivity index (χ1v) is 9.12. The Labute approximate surface area is 160 Å². The van der Waals surface area contributed by atoms with E-state index in [1.807, 2.05) is 31.2 Å². The lowest BCUT2D eigenvalue weighted by atomic mass is 9.97. The molecule has 0 amide bonds. The summed E-state index contributed by atoms with van der Waals surface area (Å²) in [5, 5.41) is 22.8. The Kier molecular flexibility index (Phi) is 3.96. The van der Waals surface area contributed by atoms with Gasteiger partial charge in [0, 0.05) is 16.6 Å². The third-order valence-corrected chi connectivity index (χ3v) is 5.62. The number of aliphatic hydroxyl groups is 2. The summed E-state index contributed by atoms with van der Waals surface area (Å²) in [5.41, 5.74) is 3.38. The van der Waals surface area contributed by atoms with Gasteiger partial charge in [-0.25, -0.2) is 9.97 Å². The maximum atomic E-state index is 10.7. The average molecular weight is 388 g/mol. The van der Waals surface area contributed by atoms with Crippen LogP contribution in [0.25, 0.3) is 11.0 Å². The Hall–Kier alpha value is -2.03.